The molecule has 3 rings (SSSR count). The Bertz CT molecular complexity index is 710. The van der Waals surface area contributed by atoms with Gasteiger partial charge in [-0.25, -0.2) is 4.39 Å². The summed E-state index contributed by atoms with van der Waals surface area (Å²) in [6.45, 7) is -0.453. The van der Waals surface area contributed by atoms with Crippen LogP contribution in [0.2, 0.25) is 0 Å². The summed E-state index contributed by atoms with van der Waals surface area (Å²) in [5, 5.41) is 2.64. The van der Waals surface area contributed by atoms with Crippen LogP contribution < -0.4 is 10.2 Å². The van der Waals surface area contributed by atoms with E-state index in [0.29, 0.717) is 25.8 Å². The van der Waals surface area contributed by atoms with E-state index in [1.165, 1.54) is 28.0 Å². The van der Waals surface area contributed by atoms with Crippen molar-refractivity contribution >= 4 is 17.5 Å². The first-order valence-corrected chi connectivity index (χ1v) is 8.90. The molecule has 9 heteroatoms. The van der Waals surface area contributed by atoms with Gasteiger partial charge in [0.1, 0.15) is 11.9 Å². The number of alkyl halides is 3. The number of nitrogens with one attached hydrogen (secondary N) is 1. The van der Waals surface area contributed by atoms with E-state index in [4.69, 9.17) is 0 Å². The lowest BCUT2D eigenvalue weighted by Gasteiger charge is -2.32. The predicted molar refractivity (Wildman–Crippen MR) is 90.5 cm³/mol. The summed E-state index contributed by atoms with van der Waals surface area (Å²) < 4.78 is 51.6. The first-order valence-electron chi connectivity index (χ1n) is 8.90. The fraction of sp³-hybridized carbons (Fsp3) is 0.556. The summed E-state index contributed by atoms with van der Waals surface area (Å²) in [6, 6.07) is 5.11. The second-order valence-corrected chi connectivity index (χ2v) is 6.98. The summed E-state index contributed by atoms with van der Waals surface area (Å²) in [5.41, 5.74) is 0.160. The van der Waals surface area contributed by atoms with Crippen LogP contribution in [-0.4, -0.2) is 55.1 Å². The Labute approximate surface area is 154 Å². The maximum Gasteiger partial charge on any atom is 0.401 e. The number of nitrogens with zero attached hydrogens (tertiary/aromatic N) is 2. The minimum absolute atomic E-state index is 0.0171. The molecular weight excluding hydrogens is 366 g/mol. The highest BCUT2D eigenvalue weighted by atomic mass is 19.4. The molecule has 27 heavy (non-hydrogen) atoms. The van der Waals surface area contributed by atoms with Crippen molar-refractivity contribution in [2.75, 3.05) is 31.1 Å². The van der Waals surface area contributed by atoms with Crippen molar-refractivity contribution in [1.29, 1.82) is 0 Å². The zero-order valence-corrected chi connectivity index (χ0v) is 14.6. The molecule has 0 unspecified atom stereocenters. The van der Waals surface area contributed by atoms with E-state index in [2.05, 4.69) is 5.32 Å². The average molecular weight is 387 g/mol. The molecule has 0 bridgehead atoms. The normalized spacial score (nSPS) is 24.3. The van der Waals surface area contributed by atoms with E-state index in [-0.39, 0.29) is 18.8 Å². The molecule has 0 aromatic heterocycles. The summed E-state index contributed by atoms with van der Waals surface area (Å²) in [6.07, 6.45) is -3.00. The van der Waals surface area contributed by atoms with Gasteiger partial charge in [0.05, 0.1) is 18.2 Å². The van der Waals surface area contributed by atoms with Crippen molar-refractivity contribution in [1.82, 2.24) is 10.2 Å². The van der Waals surface area contributed by atoms with E-state index < -0.39 is 42.3 Å². The smallest absolute Gasteiger partial charge is 0.344 e. The minimum Gasteiger partial charge on any atom is -0.344 e. The molecular formula is C18H21F4N3O2. The molecule has 2 fully saturated rings. The van der Waals surface area contributed by atoms with Crippen molar-refractivity contribution in [2.24, 2.45) is 5.92 Å². The van der Waals surface area contributed by atoms with Gasteiger partial charge in [-0.15, -0.1) is 0 Å². The van der Waals surface area contributed by atoms with E-state index in [1.807, 2.05) is 0 Å². The predicted octanol–water partition coefficient (Wildman–Crippen LogP) is 2.32. The standard InChI is InChI=1S/C18H21F4N3O2/c19-13-5-1-2-6-15(13)25-9-7-14(17(25)27)23-16(26)12-4-3-8-24(10-12)11-18(20,21)22/h1-2,5-6,12,14H,3-4,7-11H2,(H,23,26)/t12-,14-/m0/s1. The first kappa shape index (κ1) is 19.6. The molecule has 0 saturated carbocycles. The number of halogens is 4. The zero-order chi connectivity index (χ0) is 19.6. The Hall–Kier alpha value is -2.16. The molecule has 2 aliphatic heterocycles. The lowest BCUT2D eigenvalue weighted by Crippen LogP contribution is -2.49. The molecule has 1 N–H and O–H groups in total. The van der Waals surface area contributed by atoms with Crippen LogP contribution in [0, 0.1) is 11.7 Å². The number of piperidine rings is 1. The third-order valence-corrected chi connectivity index (χ3v) is 4.94. The lowest BCUT2D eigenvalue weighted by molar-refractivity contribution is -0.152. The summed E-state index contributed by atoms with van der Waals surface area (Å²) >= 11 is 0. The number of carbonyl (C=O) groups excluding carboxylic acids is 2. The third kappa shape index (κ3) is 4.77. The molecule has 0 aliphatic carbocycles. The maximum atomic E-state index is 13.9. The second-order valence-electron chi connectivity index (χ2n) is 6.98. The molecule has 1 aromatic carbocycles. The molecule has 2 atom stereocenters. The largest absolute Gasteiger partial charge is 0.401 e. The van der Waals surface area contributed by atoms with Gasteiger partial charge in [0.25, 0.3) is 0 Å². The van der Waals surface area contributed by atoms with E-state index in [9.17, 15) is 27.2 Å². The number of carbonyl (C=O) groups is 2. The van der Waals surface area contributed by atoms with Gasteiger partial charge < -0.3 is 10.2 Å². The van der Waals surface area contributed by atoms with Crippen molar-refractivity contribution < 1.29 is 27.2 Å². The van der Waals surface area contributed by atoms with Crippen LogP contribution in [0.3, 0.4) is 0 Å². The first-order chi connectivity index (χ1) is 12.7. The van der Waals surface area contributed by atoms with Crippen molar-refractivity contribution in [3.05, 3.63) is 30.1 Å². The number of hydrogen-bond acceptors (Lipinski definition) is 3. The SMILES string of the molecule is O=C(N[C@H]1CCN(c2ccccc2F)C1=O)[C@H]1CCCN(CC(F)(F)F)C1. The number of benzene rings is 1. The number of anilines is 1. The summed E-state index contributed by atoms with van der Waals surface area (Å²) in [5.74, 6) is -1.93. The molecule has 2 amide bonds. The number of para-hydroxylation sites is 1. The topological polar surface area (TPSA) is 52.7 Å². The quantitative estimate of drug-likeness (QED) is 0.807. The fourth-order valence-corrected chi connectivity index (χ4v) is 3.68. The van der Waals surface area contributed by atoms with Gasteiger partial charge >= 0.3 is 6.18 Å². The Balaban J connectivity index is 1.58. The minimum atomic E-state index is -4.31. The third-order valence-electron chi connectivity index (χ3n) is 4.94. The van der Waals surface area contributed by atoms with Gasteiger partial charge in [-0.1, -0.05) is 12.1 Å². The monoisotopic (exact) mass is 387 g/mol. The number of hydrogen-bond donors (Lipinski definition) is 1. The summed E-state index contributed by atoms with van der Waals surface area (Å²) in [7, 11) is 0. The van der Waals surface area contributed by atoms with Gasteiger partial charge in [0.15, 0.2) is 0 Å². The number of rotatable bonds is 4. The Kier molecular flexibility index (Phi) is 5.69. The number of likely N-dealkylation sites (tertiary alicyclic amines) is 1. The molecule has 0 spiro atoms. The van der Waals surface area contributed by atoms with Crippen LogP contribution in [0.4, 0.5) is 23.2 Å². The maximum absolute atomic E-state index is 13.9. The van der Waals surface area contributed by atoms with Gasteiger partial charge in [0.2, 0.25) is 11.8 Å². The van der Waals surface area contributed by atoms with Crippen LogP contribution in [0.15, 0.2) is 24.3 Å². The second kappa shape index (κ2) is 7.84. The van der Waals surface area contributed by atoms with Crippen molar-refractivity contribution in [3.8, 4) is 0 Å². The molecule has 148 valence electrons. The summed E-state index contributed by atoms with van der Waals surface area (Å²) in [4.78, 5) is 27.5. The molecule has 2 saturated heterocycles. The van der Waals surface area contributed by atoms with Gasteiger partial charge in [-0.2, -0.15) is 13.2 Å². The van der Waals surface area contributed by atoms with Crippen molar-refractivity contribution in [3.63, 3.8) is 0 Å². The van der Waals surface area contributed by atoms with E-state index >= 15 is 0 Å². The number of amides is 2. The van der Waals surface area contributed by atoms with Crippen molar-refractivity contribution in [2.45, 2.75) is 31.5 Å². The van der Waals surface area contributed by atoms with Crippen LogP contribution in [0.25, 0.3) is 0 Å². The van der Waals surface area contributed by atoms with Gasteiger partial charge in [-0.05, 0) is 37.9 Å². The van der Waals surface area contributed by atoms with Crippen LogP contribution in [-0.2, 0) is 9.59 Å². The van der Waals surface area contributed by atoms with Gasteiger partial charge in [-0.3, -0.25) is 14.5 Å². The van der Waals surface area contributed by atoms with Crippen LogP contribution >= 0.6 is 0 Å². The highest BCUT2D eigenvalue weighted by Gasteiger charge is 2.38. The van der Waals surface area contributed by atoms with E-state index in [1.54, 1.807) is 6.07 Å². The Morgan fingerprint density at radius 1 is 1.19 bits per heavy atom. The zero-order valence-electron chi connectivity index (χ0n) is 14.6. The highest BCUT2D eigenvalue weighted by Crippen LogP contribution is 2.26. The molecule has 0 radical (unpaired) electrons. The fourth-order valence-electron chi connectivity index (χ4n) is 3.68. The van der Waals surface area contributed by atoms with Gasteiger partial charge in [0, 0.05) is 13.1 Å². The molecule has 1 aromatic rings. The molecule has 2 heterocycles. The highest BCUT2D eigenvalue weighted by molar-refractivity contribution is 6.01. The molecule has 5 nitrogen and oxygen atoms in total. The lowest BCUT2D eigenvalue weighted by atomic mass is 9.96. The van der Waals surface area contributed by atoms with E-state index in [0.717, 1.165) is 0 Å². The average Bonchev–Trinajstić information content (AvgIpc) is 2.95. The Morgan fingerprint density at radius 2 is 1.93 bits per heavy atom. The van der Waals surface area contributed by atoms with Crippen LogP contribution in [0.1, 0.15) is 19.3 Å². The molecule has 2 aliphatic rings. The Morgan fingerprint density at radius 3 is 2.63 bits per heavy atom. The van der Waals surface area contributed by atoms with Crippen LogP contribution in [0.5, 0.6) is 0 Å².